The molecule has 3 N–H and O–H groups in total. The zero-order chi connectivity index (χ0) is 12.1. The molecule has 1 aromatic carbocycles. The lowest BCUT2D eigenvalue weighted by Crippen LogP contribution is -2.32. The van der Waals surface area contributed by atoms with Crippen LogP contribution in [0, 0.1) is 0 Å². The Morgan fingerprint density at radius 2 is 1.94 bits per heavy atom. The molecule has 0 aliphatic carbocycles. The number of carboxylic acid groups (broad SMARTS) is 1. The van der Waals surface area contributed by atoms with E-state index in [0.717, 1.165) is 16.7 Å². The van der Waals surface area contributed by atoms with Gasteiger partial charge in [-0.3, -0.25) is 4.79 Å². The first-order valence-corrected chi connectivity index (χ1v) is 5.86. The van der Waals surface area contributed by atoms with Crippen molar-refractivity contribution in [3.05, 3.63) is 34.9 Å². The first kappa shape index (κ1) is 13.3. The summed E-state index contributed by atoms with van der Waals surface area (Å²) in [7, 11) is 0. The Bertz CT molecular complexity index is 382. The monoisotopic (exact) mass is 261 g/mol. The Labute approximate surface area is 104 Å². The van der Waals surface area contributed by atoms with Crippen LogP contribution in [-0.4, -0.2) is 17.1 Å². The number of alkyl halides is 2. The van der Waals surface area contributed by atoms with Gasteiger partial charge < -0.3 is 10.8 Å². The van der Waals surface area contributed by atoms with Crippen LogP contribution in [0.5, 0.6) is 0 Å². The third kappa shape index (κ3) is 3.37. The molecule has 0 aliphatic rings. The molecule has 0 unspecified atom stereocenters. The van der Waals surface area contributed by atoms with E-state index in [9.17, 15) is 4.79 Å². The number of benzene rings is 1. The van der Waals surface area contributed by atoms with Crippen LogP contribution in [0.25, 0.3) is 0 Å². The van der Waals surface area contributed by atoms with Crippen LogP contribution in [0.2, 0.25) is 0 Å². The largest absolute Gasteiger partial charge is 0.480 e. The van der Waals surface area contributed by atoms with Crippen molar-refractivity contribution in [3.8, 4) is 0 Å². The van der Waals surface area contributed by atoms with Gasteiger partial charge in [-0.15, -0.1) is 23.2 Å². The Morgan fingerprint density at radius 3 is 2.44 bits per heavy atom. The first-order chi connectivity index (χ1) is 7.58. The SMILES string of the molecule is N[C@@H](Cc1ccc(CCl)c(CCl)c1)C(=O)O. The van der Waals surface area contributed by atoms with Gasteiger partial charge in [-0.2, -0.15) is 0 Å². The van der Waals surface area contributed by atoms with E-state index in [1.54, 1.807) is 0 Å². The molecule has 0 fully saturated rings. The molecule has 16 heavy (non-hydrogen) atoms. The molecule has 0 heterocycles. The number of rotatable bonds is 5. The standard InChI is InChI=1S/C11H13Cl2NO2/c12-5-8-2-1-7(3-9(8)6-13)4-10(14)11(15)16/h1-3,10H,4-6,14H2,(H,15,16)/t10-/m0/s1. The van der Waals surface area contributed by atoms with E-state index < -0.39 is 12.0 Å². The second kappa shape index (κ2) is 6.09. The van der Waals surface area contributed by atoms with Crippen LogP contribution in [0.4, 0.5) is 0 Å². The second-order valence-corrected chi connectivity index (χ2v) is 4.05. The molecular weight excluding hydrogens is 249 g/mol. The van der Waals surface area contributed by atoms with Crippen LogP contribution in [0.15, 0.2) is 18.2 Å². The number of aliphatic carboxylic acids is 1. The van der Waals surface area contributed by atoms with Gasteiger partial charge >= 0.3 is 5.97 Å². The smallest absolute Gasteiger partial charge is 0.320 e. The Balaban J connectivity index is 2.86. The highest BCUT2D eigenvalue weighted by molar-refractivity contribution is 6.18. The molecule has 0 aliphatic heterocycles. The van der Waals surface area contributed by atoms with Crippen molar-refractivity contribution in [2.75, 3.05) is 0 Å². The Hall–Kier alpha value is -0.770. The molecule has 0 radical (unpaired) electrons. The third-order valence-corrected chi connectivity index (χ3v) is 2.91. The fraction of sp³-hybridized carbons (Fsp3) is 0.364. The lowest BCUT2D eigenvalue weighted by Gasteiger charge is -2.10. The molecular formula is C11H13Cl2NO2. The lowest BCUT2D eigenvalue weighted by atomic mass is 10.0. The molecule has 0 amide bonds. The van der Waals surface area contributed by atoms with E-state index in [0.29, 0.717) is 18.2 Å². The van der Waals surface area contributed by atoms with Gasteiger partial charge in [0.05, 0.1) is 0 Å². The summed E-state index contributed by atoms with van der Waals surface area (Å²) in [5, 5.41) is 8.70. The van der Waals surface area contributed by atoms with E-state index in [4.69, 9.17) is 34.0 Å². The van der Waals surface area contributed by atoms with Gasteiger partial charge in [0.1, 0.15) is 6.04 Å². The maximum absolute atomic E-state index is 10.6. The lowest BCUT2D eigenvalue weighted by molar-refractivity contribution is -0.138. The summed E-state index contributed by atoms with van der Waals surface area (Å²) in [6.07, 6.45) is 0.293. The number of carbonyl (C=O) groups is 1. The molecule has 3 nitrogen and oxygen atoms in total. The first-order valence-electron chi connectivity index (χ1n) is 4.79. The van der Waals surface area contributed by atoms with Crippen LogP contribution in [0.3, 0.4) is 0 Å². The Kier molecular flexibility index (Phi) is 5.06. The molecule has 1 aromatic rings. The molecule has 0 saturated carbocycles. The maximum Gasteiger partial charge on any atom is 0.320 e. The summed E-state index contributed by atoms with van der Waals surface area (Å²) in [6.45, 7) is 0. The van der Waals surface area contributed by atoms with Gasteiger partial charge in [-0.1, -0.05) is 18.2 Å². The van der Waals surface area contributed by atoms with Crippen molar-refractivity contribution < 1.29 is 9.90 Å². The van der Waals surface area contributed by atoms with Crippen molar-refractivity contribution in [1.29, 1.82) is 0 Å². The van der Waals surface area contributed by atoms with Crippen LogP contribution >= 0.6 is 23.2 Å². The van der Waals surface area contributed by atoms with Crippen molar-refractivity contribution in [3.63, 3.8) is 0 Å². The van der Waals surface area contributed by atoms with Crippen LogP contribution in [-0.2, 0) is 23.0 Å². The van der Waals surface area contributed by atoms with Gasteiger partial charge in [-0.05, 0) is 23.1 Å². The predicted octanol–water partition coefficient (Wildman–Crippen LogP) is 2.12. The van der Waals surface area contributed by atoms with Crippen molar-refractivity contribution >= 4 is 29.2 Å². The quantitative estimate of drug-likeness (QED) is 0.799. The Morgan fingerprint density at radius 1 is 1.31 bits per heavy atom. The number of hydrogen-bond acceptors (Lipinski definition) is 2. The van der Waals surface area contributed by atoms with Gasteiger partial charge in [0.15, 0.2) is 0 Å². The minimum Gasteiger partial charge on any atom is -0.480 e. The number of halogens is 2. The second-order valence-electron chi connectivity index (χ2n) is 3.52. The predicted molar refractivity (Wildman–Crippen MR) is 64.9 cm³/mol. The summed E-state index contributed by atoms with van der Waals surface area (Å²) in [4.78, 5) is 10.6. The van der Waals surface area contributed by atoms with Crippen LogP contribution < -0.4 is 5.73 Å². The molecule has 0 aromatic heterocycles. The summed E-state index contributed by atoms with van der Waals surface area (Å²) in [6, 6.07) is 4.66. The summed E-state index contributed by atoms with van der Waals surface area (Å²) in [5.74, 6) is -0.250. The average Bonchev–Trinajstić information content (AvgIpc) is 2.28. The minimum atomic E-state index is -1.01. The number of nitrogens with two attached hydrogens (primary N) is 1. The fourth-order valence-corrected chi connectivity index (χ4v) is 1.91. The summed E-state index contributed by atoms with van der Waals surface area (Å²) in [5.41, 5.74) is 8.20. The van der Waals surface area contributed by atoms with Crippen molar-refractivity contribution in [2.24, 2.45) is 5.73 Å². The summed E-state index contributed by atoms with van der Waals surface area (Å²) >= 11 is 11.5. The van der Waals surface area contributed by atoms with Crippen molar-refractivity contribution in [2.45, 2.75) is 24.2 Å². The van der Waals surface area contributed by atoms with E-state index >= 15 is 0 Å². The molecule has 88 valence electrons. The highest BCUT2D eigenvalue weighted by Crippen LogP contribution is 2.17. The number of carboxylic acids is 1. The van der Waals surface area contributed by atoms with E-state index in [2.05, 4.69) is 0 Å². The normalized spacial score (nSPS) is 12.4. The molecule has 0 saturated heterocycles. The average molecular weight is 262 g/mol. The zero-order valence-corrected chi connectivity index (χ0v) is 10.1. The zero-order valence-electron chi connectivity index (χ0n) is 8.62. The van der Waals surface area contributed by atoms with E-state index in [1.165, 1.54) is 0 Å². The van der Waals surface area contributed by atoms with Crippen LogP contribution in [0.1, 0.15) is 16.7 Å². The van der Waals surface area contributed by atoms with Gasteiger partial charge in [-0.25, -0.2) is 0 Å². The van der Waals surface area contributed by atoms with Gasteiger partial charge in [0, 0.05) is 11.8 Å². The number of hydrogen-bond donors (Lipinski definition) is 2. The molecule has 0 spiro atoms. The molecule has 1 rings (SSSR count). The molecule has 1 atom stereocenters. The topological polar surface area (TPSA) is 63.3 Å². The highest BCUT2D eigenvalue weighted by Gasteiger charge is 2.12. The van der Waals surface area contributed by atoms with Gasteiger partial charge in [0.2, 0.25) is 0 Å². The van der Waals surface area contributed by atoms with Crippen molar-refractivity contribution in [1.82, 2.24) is 0 Å². The molecule has 0 bridgehead atoms. The van der Waals surface area contributed by atoms with Gasteiger partial charge in [0.25, 0.3) is 0 Å². The third-order valence-electron chi connectivity index (χ3n) is 2.33. The molecule has 5 heteroatoms. The highest BCUT2D eigenvalue weighted by atomic mass is 35.5. The maximum atomic E-state index is 10.6. The van der Waals surface area contributed by atoms with E-state index in [-0.39, 0.29) is 0 Å². The van der Waals surface area contributed by atoms with E-state index in [1.807, 2.05) is 18.2 Å². The minimum absolute atomic E-state index is 0.293. The fourth-order valence-electron chi connectivity index (χ4n) is 1.40. The summed E-state index contributed by atoms with van der Waals surface area (Å²) < 4.78 is 0.